The third kappa shape index (κ3) is 9.22. The van der Waals surface area contributed by atoms with Crippen LogP contribution < -0.4 is 27.8 Å². The Kier molecular flexibility index (Phi) is 12.7. The Labute approximate surface area is 223 Å². The first kappa shape index (κ1) is 33.6. The zero-order valence-electron chi connectivity index (χ0n) is 21.9. The Morgan fingerprint density at radius 2 is 1.66 bits per heavy atom. The van der Waals surface area contributed by atoms with Gasteiger partial charge in [0.2, 0.25) is 0 Å². The molecule has 12 atom stereocenters. The molecule has 3 rings (SSSR count). The van der Waals surface area contributed by atoms with Crippen LogP contribution in [-0.2, 0) is 29.3 Å². The van der Waals surface area contributed by atoms with E-state index in [1.807, 2.05) is 6.92 Å². The Bertz CT molecular complexity index is 817. The lowest BCUT2D eigenvalue weighted by Crippen LogP contribution is -2.69. The van der Waals surface area contributed by atoms with Gasteiger partial charge in [0.25, 0.3) is 0 Å². The van der Waals surface area contributed by atoms with Crippen LogP contribution in [0.1, 0.15) is 33.1 Å². The van der Waals surface area contributed by atoms with Gasteiger partial charge in [-0.25, -0.2) is 0 Å². The van der Waals surface area contributed by atoms with E-state index in [1.54, 1.807) is 14.0 Å². The zero-order chi connectivity index (χ0) is 28.8. The van der Waals surface area contributed by atoms with Gasteiger partial charge in [-0.15, -0.1) is 0 Å². The van der Waals surface area contributed by atoms with Gasteiger partial charge >= 0.3 is 10.4 Å². The maximum absolute atomic E-state index is 11.3. The fraction of sp³-hybridized carbons (Fsp3) is 1.00. The van der Waals surface area contributed by atoms with Crippen LogP contribution in [0.3, 0.4) is 0 Å². The van der Waals surface area contributed by atoms with Crippen molar-refractivity contribution in [3.05, 3.63) is 0 Å². The molecule has 2 heterocycles. The van der Waals surface area contributed by atoms with Crippen LogP contribution in [0.25, 0.3) is 0 Å². The van der Waals surface area contributed by atoms with Crippen molar-refractivity contribution in [1.82, 2.24) is 10.6 Å². The van der Waals surface area contributed by atoms with Crippen LogP contribution in [0.4, 0.5) is 0 Å². The second-order valence-electron chi connectivity index (χ2n) is 10.1. The van der Waals surface area contributed by atoms with Crippen molar-refractivity contribution in [2.75, 3.05) is 26.7 Å². The summed E-state index contributed by atoms with van der Waals surface area (Å²) in [6, 6.07) is -1.84. The number of hydrogen-bond acceptors (Lipinski definition) is 14. The third-order valence-electron chi connectivity index (χ3n) is 6.97. The minimum Gasteiger partial charge on any atom is -0.388 e. The minimum atomic E-state index is -4.67. The Hall–Kier alpha value is -0.610. The molecule has 0 radical (unpaired) electrons. The molecule has 226 valence electrons. The second-order valence-corrected chi connectivity index (χ2v) is 11.0. The molecule has 0 spiro atoms. The number of nitrogens with two attached hydrogens (primary N) is 3. The van der Waals surface area contributed by atoms with Gasteiger partial charge in [0.1, 0.15) is 30.0 Å². The van der Waals surface area contributed by atoms with Gasteiger partial charge in [-0.3, -0.25) is 9.11 Å². The fourth-order valence-corrected chi connectivity index (χ4v) is 5.11. The van der Waals surface area contributed by atoms with Crippen LogP contribution in [-0.4, -0.2) is 132 Å². The van der Waals surface area contributed by atoms with E-state index in [0.29, 0.717) is 25.9 Å². The van der Waals surface area contributed by atoms with E-state index < -0.39 is 65.1 Å². The summed E-state index contributed by atoms with van der Waals surface area (Å²) in [4.78, 5) is 0. The van der Waals surface area contributed by atoms with Gasteiger partial charge in [0.15, 0.2) is 12.6 Å². The summed E-state index contributed by atoms with van der Waals surface area (Å²) in [5, 5.41) is 38.8. The van der Waals surface area contributed by atoms with Crippen LogP contribution in [0, 0.1) is 0 Å². The van der Waals surface area contributed by atoms with Crippen LogP contribution in [0.2, 0.25) is 0 Å². The van der Waals surface area contributed by atoms with Crippen molar-refractivity contribution in [3.63, 3.8) is 0 Å². The summed E-state index contributed by atoms with van der Waals surface area (Å²) in [5.74, 6) is 0. The lowest BCUT2D eigenvalue weighted by molar-refractivity contribution is -0.308. The number of likely N-dealkylation sites (N-methyl/N-ethyl adjacent to an activating group) is 2. The third-order valence-corrected chi connectivity index (χ3v) is 6.97. The summed E-state index contributed by atoms with van der Waals surface area (Å²) in [6.07, 6.45) is -3.97. The van der Waals surface area contributed by atoms with Crippen molar-refractivity contribution in [3.8, 4) is 0 Å². The van der Waals surface area contributed by atoms with E-state index in [9.17, 15) is 15.3 Å². The molecule has 3 fully saturated rings. The quantitative estimate of drug-likeness (QED) is 0.124. The first-order valence-corrected chi connectivity index (χ1v) is 14.0. The SMILES string of the molecule is CCN[C@@H]1C[C@H](N)[C@@H](O[C@H]2O[C@H](CN)CC[C@H]2N)[C@H](O)[C@H]1O[C@H]1OC[C@](C)(O)[C@H](NC)[C@H]1O.O=S(=O)(O)O. The molecule has 0 unspecified atom stereocenters. The predicted octanol–water partition coefficient (Wildman–Crippen LogP) is -3.98. The van der Waals surface area contributed by atoms with Gasteiger partial charge in [-0.1, -0.05) is 6.92 Å². The summed E-state index contributed by atoms with van der Waals surface area (Å²) < 4.78 is 55.3. The molecule has 0 amide bonds. The van der Waals surface area contributed by atoms with E-state index in [1.165, 1.54) is 0 Å². The zero-order valence-corrected chi connectivity index (χ0v) is 22.7. The molecule has 1 saturated carbocycles. The highest BCUT2D eigenvalue weighted by Gasteiger charge is 2.51. The van der Waals surface area contributed by atoms with Crippen molar-refractivity contribution < 1.29 is 51.8 Å². The highest BCUT2D eigenvalue weighted by atomic mass is 32.3. The molecule has 0 bridgehead atoms. The average molecular weight is 576 g/mol. The lowest BCUT2D eigenvalue weighted by Gasteiger charge is -2.49. The molecule has 2 saturated heterocycles. The van der Waals surface area contributed by atoms with Crippen LogP contribution in [0.5, 0.6) is 0 Å². The maximum Gasteiger partial charge on any atom is 0.394 e. The van der Waals surface area contributed by atoms with E-state index in [2.05, 4.69) is 10.6 Å². The van der Waals surface area contributed by atoms with E-state index in [0.717, 1.165) is 6.42 Å². The van der Waals surface area contributed by atoms with Crippen LogP contribution >= 0.6 is 0 Å². The van der Waals surface area contributed by atoms with Crippen molar-refractivity contribution in [2.24, 2.45) is 17.2 Å². The van der Waals surface area contributed by atoms with Crippen molar-refractivity contribution >= 4 is 10.4 Å². The smallest absolute Gasteiger partial charge is 0.388 e. The topological polar surface area (TPSA) is 274 Å². The number of nitrogens with one attached hydrogen (secondary N) is 2. The van der Waals surface area contributed by atoms with Gasteiger partial charge in [-0.05, 0) is 39.8 Å². The Morgan fingerprint density at radius 1 is 1.05 bits per heavy atom. The van der Waals surface area contributed by atoms with E-state index in [-0.39, 0.29) is 24.8 Å². The number of hydrogen-bond donors (Lipinski definition) is 10. The standard InChI is InChI=1S/C21H43N5O7.H2O4S/c1-4-26-13-7-12(24)16(32-19-11(23)6-5-10(8-22)31-19)14(27)17(13)33-20-15(28)18(25-3)21(2,29)9-30-20;1-5(2,3)4/h10-20,25-29H,4-9,22-24H2,1-3H3;(H2,1,2,3,4)/t10-,11+,12-,13+,14-,15+,16+,17-,18+,19+,20+,21-;/m0./s1. The molecule has 16 nitrogen and oxygen atoms in total. The van der Waals surface area contributed by atoms with Crippen molar-refractivity contribution in [2.45, 2.75) is 106 Å². The number of ether oxygens (including phenoxy) is 4. The number of rotatable bonds is 8. The summed E-state index contributed by atoms with van der Waals surface area (Å²) in [6.45, 7) is 4.47. The summed E-state index contributed by atoms with van der Waals surface area (Å²) >= 11 is 0. The number of aliphatic hydroxyl groups is 3. The second kappa shape index (κ2) is 14.3. The summed E-state index contributed by atoms with van der Waals surface area (Å²) in [7, 11) is -3.02. The Morgan fingerprint density at radius 3 is 2.21 bits per heavy atom. The van der Waals surface area contributed by atoms with Crippen molar-refractivity contribution in [1.29, 1.82) is 0 Å². The molecule has 0 aromatic carbocycles. The largest absolute Gasteiger partial charge is 0.394 e. The minimum absolute atomic E-state index is 0.0421. The molecule has 0 aromatic rings. The van der Waals surface area contributed by atoms with Crippen LogP contribution in [0.15, 0.2) is 0 Å². The molecular weight excluding hydrogens is 530 g/mol. The molecule has 2 aliphatic heterocycles. The monoisotopic (exact) mass is 575 g/mol. The highest BCUT2D eigenvalue weighted by Crippen LogP contribution is 2.32. The molecule has 1 aliphatic carbocycles. The Balaban J connectivity index is 0.000000926. The number of aliphatic hydroxyl groups excluding tert-OH is 2. The molecular formula is C21H45N5O11S. The average Bonchev–Trinajstić information content (AvgIpc) is 2.80. The molecule has 3 aliphatic rings. The highest BCUT2D eigenvalue weighted by molar-refractivity contribution is 7.79. The molecule has 38 heavy (non-hydrogen) atoms. The van der Waals surface area contributed by atoms with Gasteiger partial charge < -0.3 is 62.1 Å². The molecule has 13 N–H and O–H groups in total. The van der Waals surface area contributed by atoms with E-state index in [4.69, 9.17) is 53.7 Å². The molecule has 0 aromatic heterocycles. The molecule has 17 heteroatoms. The lowest BCUT2D eigenvalue weighted by atomic mass is 9.83. The first-order chi connectivity index (χ1) is 17.6. The van der Waals surface area contributed by atoms with Gasteiger partial charge in [0, 0.05) is 18.6 Å². The first-order valence-electron chi connectivity index (χ1n) is 12.6. The van der Waals surface area contributed by atoms with E-state index >= 15 is 0 Å². The van der Waals surface area contributed by atoms with Gasteiger partial charge in [0.05, 0.1) is 24.8 Å². The predicted molar refractivity (Wildman–Crippen MR) is 134 cm³/mol. The fourth-order valence-electron chi connectivity index (χ4n) is 5.11. The van der Waals surface area contributed by atoms with Gasteiger partial charge in [-0.2, -0.15) is 8.42 Å². The maximum atomic E-state index is 11.3. The summed E-state index contributed by atoms with van der Waals surface area (Å²) in [5.41, 5.74) is 17.1. The normalized spacial score (nSPS) is 44.2.